The van der Waals surface area contributed by atoms with Crippen LogP contribution in [0.5, 0.6) is 0 Å². The Morgan fingerprint density at radius 3 is 2.86 bits per heavy atom. The first kappa shape index (κ1) is 15.9. The highest BCUT2D eigenvalue weighted by Crippen LogP contribution is 2.22. The molecule has 0 aliphatic heterocycles. The summed E-state index contributed by atoms with van der Waals surface area (Å²) in [4.78, 5) is 17.5. The Morgan fingerprint density at radius 1 is 1.43 bits per heavy atom. The van der Waals surface area contributed by atoms with Crippen molar-refractivity contribution in [2.45, 2.75) is 26.9 Å². The van der Waals surface area contributed by atoms with Gasteiger partial charge in [-0.15, -0.1) is 11.3 Å². The van der Waals surface area contributed by atoms with Gasteiger partial charge in [-0.25, -0.2) is 4.98 Å². The van der Waals surface area contributed by atoms with Gasteiger partial charge in [0.15, 0.2) is 0 Å². The predicted molar refractivity (Wildman–Crippen MR) is 86.1 cm³/mol. The molecule has 0 aliphatic rings. The van der Waals surface area contributed by atoms with E-state index in [4.69, 9.17) is 16.3 Å². The molecule has 0 saturated heterocycles. The van der Waals surface area contributed by atoms with Crippen molar-refractivity contribution >= 4 is 34.5 Å². The quantitative estimate of drug-likeness (QED) is 0.911. The highest BCUT2D eigenvalue weighted by atomic mass is 35.5. The third kappa shape index (κ3) is 4.27. The number of rotatable bonds is 5. The highest BCUT2D eigenvalue weighted by Gasteiger charge is 2.12. The van der Waals surface area contributed by atoms with Crippen molar-refractivity contribution in [2.24, 2.45) is 0 Å². The second-order valence-corrected chi connectivity index (χ2v) is 6.34. The van der Waals surface area contributed by atoms with Gasteiger partial charge in [-0.05, 0) is 37.6 Å². The first-order valence-corrected chi connectivity index (χ1v) is 7.69. The summed E-state index contributed by atoms with van der Waals surface area (Å²) in [5, 5.41) is 4.45. The largest absolute Gasteiger partial charge is 0.378 e. The van der Waals surface area contributed by atoms with Crippen molar-refractivity contribution in [3.63, 3.8) is 0 Å². The van der Waals surface area contributed by atoms with Crippen LogP contribution in [0.25, 0.3) is 0 Å². The van der Waals surface area contributed by atoms with Crippen LogP contribution < -0.4 is 5.32 Å². The zero-order valence-corrected chi connectivity index (χ0v) is 13.8. The van der Waals surface area contributed by atoms with Crippen LogP contribution in [0.4, 0.5) is 5.69 Å². The molecule has 21 heavy (non-hydrogen) atoms. The summed E-state index contributed by atoms with van der Waals surface area (Å²) in [6.45, 7) is 4.30. The van der Waals surface area contributed by atoms with Crippen molar-refractivity contribution in [2.75, 3.05) is 12.4 Å². The molecule has 0 aliphatic carbocycles. The fourth-order valence-corrected chi connectivity index (χ4v) is 3.21. The van der Waals surface area contributed by atoms with Crippen LogP contribution in [0.2, 0.25) is 5.02 Å². The fraction of sp³-hybridized carbons (Fsp3) is 0.333. The molecule has 6 heteroatoms. The molecule has 0 atom stereocenters. The van der Waals surface area contributed by atoms with E-state index in [1.807, 2.05) is 26.0 Å². The summed E-state index contributed by atoms with van der Waals surface area (Å²) < 4.78 is 5.06. The molecule has 1 heterocycles. The summed E-state index contributed by atoms with van der Waals surface area (Å²) in [6.07, 6.45) is 0.315. The Kier molecular flexibility index (Phi) is 5.33. The van der Waals surface area contributed by atoms with Gasteiger partial charge in [-0.2, -0.15) is 0 Å². The van der Waals surface area contributed by atoms with Gasteiger partial charge in [-0.3, -0.25) is 4.79 Å². The molecule has 4 nitrogen and oxygen atoms in total. The van der Waals surface area contributed by atoms with Gasteiger partial charge in [-0.1, -0.05) is 11.6 Å². The maximum Gasteiger partial charge on any atom is 0.229 e. The zero-order valence-electron chi connectivity index (χ0n) is 12.2. The third-order valence-corrected chi connectivity index (χ3v) is 4.35. The molecule has 1 amide bonds. The lowest BCUT2D eigenvalue weighted by molar-refractivity contribution is -0.115. The third-order valence-electron chi connectivity index (χ3n) is 2.99. The summed E-state index contributed by atoms with van der Waals surface area (Å²) in [5.74, 6) is -0.0591. The first-order valence-electron chi connectivity index (χ1n) is 6.49. The Bertz CT molecular complexity index is 655. The number of benzene rings is 1. The maximum atomic E-state index is 12.1. The van der Waals surface area contributed by atoms with Crippen LogP contribution >= 0.6 is 22.9 Å². The minimum atomic E-state index is -0.0591. The standard InChI is InChI=1S/C15H17ClN2O2S/c1-9-6-11(16)4-5-12(9)18-14(19)7-13-10(2)17-15(21-13)8-20-3/h4-6H,7-8H2,1-3H3,(H,18,19). The minimum absolute atomic E-state index is 0.0591. The van der Waals surface area contributed by atoms with Crippen LogP contribution in [-0.4, -0.2) is 18.0 Å². The maximum absolute atomic E-state index is 12.1. The van der Waals surface area contributed by atoms with Gasteiger partial charge >= 0.3 is 0 Å². The van der Waals surface area contributed by atoms with E-state index in [1.54, 1.807) is 13.2 Å². The number of thiazole rings is 1. The van der Waals surface area contributed by atoms with E-state index in [0.717, 1.165) is 26.8 Å². The number of nitrogens with one attached hydrogen (secondary N) is 1. The van der Waals surface area contributed by atoms with Crippen LogP contribution in [0.1, 0.15) is 21.1 Å². The number of aromatic nitrogens is 1. The molecule has 0 saturated carbocycles. The lowest BCUT2D eigenvalue weighted by Gasteiger charge is -2.08. The Hall–Kier alpha value is -1.43. The van der Waals surface area contributed by atoms with Gasteiger partial charge in [0, 0.05) is 22.7 Å². The number of hydrogen-bond donors (Lipinski definition) is 1. The van der Waals surface area contributed by atoms with Gasteiger partial charge in [0.1, 0.15) is 5.01 Å². The van der Waals surface area contributed by atoms with E-state index in [0.29, 0.717) is 18.1 Å². The number of ether oxygens (including phenoxy) is 1. The van der Waals surface area contributed by atoms with E-state index in [2.05, 4.69) is 10.3 Å². The van der Waals surface area contributed by atoms with Gasteiger partial charge in [0.05, 0.1) is 18.7 Å². The molecular weight excluding hydrogens is 308 g/mol. The van der Waals surface area contributed by atoms with Crippen LogP contribution in [-0.2, 0) is 22.6 Å². The van der Waals surface area contributed by atoms with E-state index < -0.39 is 0 Å². The number of nitrogens with zero attached hydrogens (tertiary/aromatic N) is 1. The molecule has 0 bridgehead atoms. The number of amides is 1. The van der Waals surface area contributed by atoms with Crippen molar-refractivity contribution < 1.29 is 9.53 Å². The van der Waals surface area contributed by atoms with Crippen LogP contribution in [0, 0.1) is 13.8 Å². The average Bonchev–Trinajstić information content (AvgIpc) is 2.74. The van der Waals surface area contributed by atoms with Crippen LogP contribution in [0.15, 0.2) is 18.2 Å². The number of hydrogen-bond acceptors (Lipinski definition) is 4. The number of anilines is 1. The molecule has 2 rings (SSSR count). The predicted octanol–water partition coefficient (Wildman–Crippen LogP) is 3.74. The minimum Gasteiger partial charge on any atom is -0.378 e. The molecule has 0 spiro atoms. The second kappa shape index (κ2) is 7.02. The second-order valence-electron chi connectivity index (χ2n) is 4.73. The summed E-state index contributed by atoms with van der Waals surface area (Å²) in [5.41, 5.74) is 2.61. The SMILES string of the molecule is COCc1nc(C)c(CC(=O)Nc2ccc(Cl)cc2C)s1. The normalized spacial score (nSPS) is 10.7. The number of halogens is 1. The number of aryl methyl sites for hydroxylation is 2. The van der Waals surface area contributed by atoms with Gasteiger partial charge in [0.25, 0.3) is 0 Å². The van der Waals surface area contributed by atoms with Crippen molar-refractivity contribution in [1.82, 2.24) is 4.98 Å². The molecule has 112 valence electrons. The fourth-order valence-electron chi connectivity index (χ4n) is 1.95. The molecule has 1 N–H and O–H groups in total. The monoisotopic (exact) mass is 324 g/mol. The van der Waals surface area contributed by atoms with Crippen molar-refractivity contribution in [3.05, 3.63) is 44.4 Å². The van der Waals surface area contributed by atoms with Gasteiger partial charge < -0.3 is 10.1 Å². The number of carbonyl (C=O) groups excluding carboxylic acids is 1. The van der Waals surface area contributed by atoms with Crippen LogP contribution in [0.3, 0.4) is 0 Å². The van der Waals surface area contributed by atoms with E-state index in [-0.39, 0.29) is 5.91 Å². The molecule has 2 aromatic rings. The number of methoxy groups -OCH3 is 1. The smallest absolute Gasteiger partial charge is 0.229 e. The van der Waals surface area contributed by atoms with Crippen molar-refractivity contribution in [3.8, 4) is 0 Å². The Balaban J connectivity index is 2.04. The lowest BCUT2D eigenvalue weighted by Crippen LogP contribution is -2.15. The molecule has 0 fully saturated rings. The van der Waals surface area contributed by atoms with Gasteiger partial charge in [0.2, 0.25) is 5.91 Å². The topological polar surface area (TPSA) is 51.2 Å². The van der Waals surface area contributed by atoms with Crippen molar-refractivity contribution in [1.29, 1.82) is 0 Å². The number of carbonyl (C=O) groups is 1. The average molecular weight is 325 g/mol. The van der Waals surface area contributed by atoms with E-state index >= 15 is 0 Å². The molecule has 1 aromatic carbocycles. The molecular formula is C15H17ClN2O2S. The molecule has 1 aromatic heterocycles. The Morgan fingerprint density at radius 2 is 2.19 bits per heavy atom. The summed E-state index contributed by atoms with van der Waals surface area (Å²) >= 11 is 7.42. The molecule has 0 unspecified atom stereocenters. The summed E-state index contributed by atoms with van der Waals surface area (Å²) in [6, 6.07) is 5.40. The van der Waals surface area contributed by atoms with E-state index in [1.165, 1.54) is 11.3 Å². The van der Waals surface area contributed by atoms with E-state index in [9.17, 15) is 4.79 Å². The first-order chi connectivity index (χ1) is 9.99. The lowest BCUT2D eigenvalue weighted by atomic mass is 10.2. The Labute approximate surface area is 133 Å². The molecule has 0 radical (unpaired) electrons. The summed E-state index contributed by atoms with van der Waals surface area (Å²) in [7, 11) is 1.63. The zero-order chi connectivity index (χ0) is 15.4. The highest BCUT2D eigenvalue weighted by molar-refractivity contribution is 7.11.